The van der Waals surface area contributed by atoms with Crippen LogP contribution in [0.1, 0.15) is 192 Å². The van der Waals surface area contributed by atoms with Crippen molar-refractivity contribution in [3.63, 3.8) is 0 Å². The number of rotatable bonds is 25. The van der Waals surface area contributed by atoms with Gasteiger partial charge in [0.2, 0.25) is 0 Å². The van der Waals surface area contributed by atoms with E-state index in [2.05, 4.69) is 48.9 Å². The number of aryl methyl sites for hydroxylation is 1. The van der Waals surface area contributed by atoms with Crippen LogP contribution >= 0.6 is 22.7 Å². The molecule has 2 heteroatoms. The molecule has 1 aliphatic rings. The predicted octanol–water partition coefficient (Wildman–Crippen LogP) is 14.0. The number of thiophene rings is 2. The van der Waals surface area contributed by atoms with Crippen molar-refractivity contribution in [1.82, 2.24) is 0 Å². The fraction of sp³-hybridized carbons (Fsp3) is 0.784. The zero-order valence-corrected chi connectivity index (χ0v) is 27.9. The standard InChI is InChI=1S/C37H62S2/c1-4-7-10-13-16-17-18-19-20-23-26-32-31-39-36-34(32)37(33-27-30-38-35(33)36,28-24-21-14-11-8-5-2)29-25-22-15-12-9-6-3/h27,30-31H,4-26,28-29H2,1-3H3. The van der Waals surface area contributed by atoms with Gasteiger partial charge in [0.1, 0.15) is 0 Å². The second-order valence-electron chi connectivity index (χ2n) is 12.7. The van der Waals surface area contributed by atoms with Gasteiger partial charge >= 0.3 is 0 Å². The van der Waals surface area contributed by atoms with Gasteiger partial charge in [0.05, 0.1) is 0 Å². The lowest BCUT2D eigenvalue weighted by Gasteiger charge is -2.33. The van der Waals surface area contributed by atoms with E-state index in [-0.39, 0.29) is 0 Å². The van der Waals surface area contributed by atoms with Crippen molar-refractivity contribution in [3.8, 4) is 9.75 Å². The van der Waals surface area contributed by atoms with Crippen molar-refractivity contribution >= 4 is 22.7 Å². The Morgan fingerprint density at radius 1 is 0.513 bits per heavy atom. The third-order valence-electron chi connectivity index (χ3n) is 9.45. The average molecular weight is 571 g/mol. The van der Waals surface area contributed by atoms with E-state index in [4.69, 9.17) is 0 Å². The summed E-state index contributed by atoms with van der Waals surface area (Å²) in [5, 5.41) is 4.98. The number of fused-ring (bicyclic) bond motifs is 3. The number of unbranched alkanes of at least 4 members (excludes halogenated alkanes) is 19. The van der Waals surface area contributed by atoms with Gasteiger partial charge in [-0.25, -0.2) is 0 Å². The highest BCUT2D eigenvalue weighted by atomic mass is 32.1. The minimum absolute atomic E-state index is 0.313. The maximum absolute atomic E-state index is 2.58. The fourth-order valence-electron chi connectivity index (χ4n) is 7.13. The monoisotopic (exact) mass is 570 g/mol. The Kier molecular flexibility index (Phi) is 16.5. The van der Waals surface area contributed by atoms with Gasteiger partial charge in [0.25, 0.3) is 0 Å². The quantitative estimate of drug-likeness (QED) is 0.104. The Hall–Kier alpha value is -0.600. The SMILES string of the molecule is CCCCCCCCCCCCc1csc2c1C(CCCCCCCC)(CCCCCCCC)c1ccsc1-2. The maximum Gasteiger partial charge on any atom is 0.0489 e. The van der Waals surface area contributed by atoms with E-state index in [9.17, 15) is 0 Å². The van der Waals surface area contributed by atoms with Crippen LogP contribution in [0.3, 0.4) is 0 Å². The maximum atomic E-state index is 2.58. The van der Waals surface area contributed by atoms with Crippen molar-refractivity contribution < 1.29 is 0 Å². The Balaban J connectivity index is 1.61. The molecule has 2 heterocycles. The van der Waals surface area contributed by atoms with E-state index in [0.717, 1.165) is 0 Å². The van der Waals surface area contributed by atoms with Crippen LogP contribution in [0.2, 0.25) is 0 Å². The Bertz CT molecular complexity index is 856. The van der Waals surface area contributed by atoms with Crippen LogP contribution in [0.4, 0.5) is 0 Å². The lowest BCUT2D eigenvalue weighted by atomic mass is 9.70. The third-order valence-corrected chi connectivity index (χ3v) is 11.6. The molecular formula is C37H62S2. The zero-order valence-electron chi connectivity index (χ0n) is 26.2. The van der Waals surface area contributed by atoms with Gasteiger partial charge in [0, 0.05) is 15.2 Å². The molecule has 0 radical (unpaired) electrons. The van der Waals surface area contributed by atoms with E-state index >= 15 is 0 Å². The summed E-state index contributed by atoms with van der Waals surface area (Å²) in [5.74, 6) is 0. The van der Waals surface area contributed by atoms with Crippen molar-refractivity contribution in [1.29, 1.82) is 0 Å². The Morgan fingerprint density at radius 2 is 0.974 bits per heavy atom. The first kappa shape index (κ1) is 32.9. The van der Waals surface area contributed by atoms with E-state index < -0.39 is 0 Å². The molecule has 39 heavy (non-hydrogen) atoms. The first-order valence-electron chi connectivity index (χ1n) is 17.5. The highest BCUT2D eigenvalue weighted by Crippen LogP contribution is 2.59. The minimum atomic E-state index is 0.313. The first-order chi connectivity index (χ1) is 19.3. The van der Waals surface area contributed by atoms with Gasteiger partial charge in [-0.2, -0.15) is 0 Å². The molecule has 3 rings (SSSR count). The molecule has 0 aromatic carbocycles. The molecule has 2 aromatic heterocycles. The molecule has 0 atom stereocenters. The molecule has 1 aliphatic carbocycles. The summed E-state index contributed by atoms with van der Waals surface area (Å²) in [6.07, 6.45) is 35.3. The van der Waals surface area contributed by atoms with Crippen LogP contribution in [0.25, 0.3) is 9.75 Å². The molecule has 0 N–H and O–H groups in total. The molecular weight excluding hydrogens is 509 g/mol. The molecule has 0 nitrogen and oxygen atoms in total. The second kappa shape index (κ2) is 19.5. The molecule has 0 fully saturated rings. The molecule has 0 bridgehead atoms. The molecule has 0 saturated heterocycles. The smallest absolute Gasteiger partial charge is 0.0489 e. The van der Waals surface area contributed by atoms with Gasteiger partial charge in [-0.1, -0.05) is 156 Å². The van der Waals surface area contributed by atoms with Gasteiger partial charge < -0.3 is 0 Å². The fourth-order valence-corrected chi connectivity index (χ4v) is 9.51. The van der Waals surface area contributed by atoms with Crippen molar-refractivity contribution in [2.45, 2.75) is 187 Å². The number of hydrogen-bond acceptors (Lipinski definition) is 2. The van der Waals surface area contributed by atoms with Gasteiger partial charge in [-0.15, -0.1) is 22.7 Å². The summed E-state index contributed by atoms with van der Waals surface area (Å²) >= 11 is 4.11. The second-order valence-corrected chi connectivity index (χ2v) is 14.5. The summed E-state index contributed by atoms with van der Waals surface area (Å²) in [7, 11) is 0. The summed E-state index contributed by atoms with van der Waals surface area (Å²) < 4.78 is 0. The van der Waals surface area contributed by atoms with Gasteiger partial charge in [-0.3, -0.25) is 0 Å². The normalized spacial score (nSPS) is 13.7. The van der Waals surface area contributed by atoms with Gasteiger partial charge in [0.15, 0.2) is 0 Å². The largest absolute Gasteiger partial charge is 0.143 e. The van der Waals surface area contributed by atoms with E-state index in [1.165, 1.54) is 161 Å². The summed E-state index contributed by atoms with van der Waals surface area (Å²) in [6.45, 7) is 6.98. The summed E-state index contributed by atoms with van der Waals surface area (Å²) in [4.78, 5) is 3.31. The van der Waals surface area contributed by atoms with Crippen LogP contribution in [0.5, 0.6) is 0 Å². The topological polar surface area (TPSA) is 0 Å². The van der Waals surface area contributed by atoms with Crippen LogP contribution in [-0.2, 0) is 11.8 Å². The lowest BCUT2D eigenvalue weighted by Crippen LogP contribution is -2.26. The highest BCUT2D eigenvalue weighted by Gasteiger charge is 2.45. The zero-order chi connectivity index (χ0) is 27.6. The van der Waals surface area contributed by atoms with Crippen LogP contribution in [0.15, 0.2) is 16.8 Å². The molecule has 222 valence electrons. The lowest BCUT2D eigenvalue weighted by molar-refractivity contribution is 0.396. The Morgan fingerprint density at radius 3 is 1.49 bits per heavy atom. The minimum Gasteiger partial charge on any atom is -0.143 e. The molecule has 0 aliphatic heterocycles. The van der Waals surface area contributed by atoms with E-state index in [1.54, 1.807) is 20.9 Å². The summed E-state index contributed by atoms with van der Waals surface area (Å²) in [6, 6.07) is 2.53. The van der Waals surface area contributed by atoms with Crippen LogP contribution < -0.4 is 0 Å². The van der Waals surface area contributed by atoms with Crippen molar-refractivity contribution in [2.24, 2.45) is 0 Å². The third kappa shape index (κ3) is 10.0. The van der Waals surface area contributed by atoms with E-state index in [0.29, 0.717) is 5.41 Å². The molecule has 0 amide bonds. The predicted molar refractivity (Wildman–Crippen MR) is 180 cm³/mol. The average Bonchev–Trinajstić information content (AvgIpc) is 3.65. The molecule has 2 aromatic rings. The molecule has 0 saturated carbocycles. The highest BCUT2D eigenvalue weighted by molar-refractivity contribution is 7.21. The van der Waals surface area contributed by atoms with E-state index in [1.807, 2.05) is 16.9 Å². The van der Waals surface area contributed by atoms with Crippen LogP contribution in [0, 0.1) is 0 Å². The van der Waals surface area contributed by atoms with Crippen molar-refractivity contribution in [2.75, 3.05) is 0 Å². The van der Waals surface area contributed by atoms with Crippen molar-refractivity contribution in [3.05, 3.63) is 33.5 Å². The van der Waals surface area contributed by atoms with Crippen LogP contribution in [-0.4, -0.2) is 0 Å². The molecule has 0 unspecified atom stereocenters. The first-order valence-corrected chi connectivity index (χ1v) is 19.2. The van der Waals surface area contributed by atoms with Gasteiger partial charge in [-0.05, 0) is 59.2 Å². The summed E-state index contributed by atoms with van der Waals surface area (Å²) in [5.41, 5.74) is 5.58. The Labute approximate surface area is 251 Å². The molecule has 0 spiro atoms. The number of hydrogen-bond donors (Lipinski definition) is 0.